The first-order valence-corrected chi connectivity index (χ1v) is 6.76. The highest BCUT2D eigenvalue weighted by molar-refractivity contribution is 6.33. The molecule has 3 rings (SSSR count). The maximum atomic E-state index is 11.1. The van der Waals surface area contributed by atoms with Crippen LogP contribution < -0.4 is 0 Å². The van der Waals surface area contributed by atoms with Crippen LogP contribution in [0.2, 0.25) is 10.0 Å². The molecule has 0 amide bonds. The number of aromatic nitrogens is 3. The van der Waals surface area contributed by atoms with Gasteiger partial charge in [-0.05, 0) is 36.8 Å². The third kappa shape index (κ3) is 2.46. The number of carboxylic acid groups (broad SMARTS) is 1. The number of carboxylic acids is 1. The van der Waals surface area contributed by atoms with E-state index in [-0.39, 0.29) is 10.6 Å². The van der Waals surface area contributed by atoms with Gasteiger partial charge in [-0.15, -0.1) is 10.2 Å². The number of hydrogen-bond acceptors (Lipinski definition) is 3. The zero-order chi connectivity index (χ0) is 15.1. The summed E-state index contributed by atoms with van der Waals surface area (Å²) < 4.78 is 1.55. The van der Waals surface area contributed by atoms with Crippen LogP contribution in [0.1, 0.15) is 15.9 Å². The van der Waals surface area contributed by atoms with Gasteiger partial charge in [0.15, 0.2) is 11.5 Å². The van der Waals surface area contributed by atoms with E-state index in [2.05, 4.69) is 10.2 Å². The number of fused-ring (bicyclic) bond motifs is 1. The van der Waals surface area contributed by atoms with Crippen LogP contribution in [0.15, 0.2) is 30.5 Å². The average molecular weight is 322 g/mol. The van der Waals surface area contributed by atoms with Gasteiger partial charge < -0.3 is 5.11 Å². The summed E-state index contributed by atoms with van der Waals surface area (Å²) >= 11 is 12.1. The Labute approximate surface area is 129 Å². The molecule has 1 aromatic carbocycles. The highest BCUT2D eigenvalue weighted by atomic mass is 35.5. The van der Waals surface area contributed by atoms with E-state index in [1.54, 1.807) is 10.5 Å². The summed E-state index contributed by atoms with van der Waals surface area (Å²) in [4.78, 5) is 11.1. The van der Waals surface area contributed by atoms with E-state index < -0.39 is 5.97 Å². The molecule has 7 heteroatoms. The van der Waals surface area contributed by atoms with Crippen molar-refractivity contribution in [2.45, 2.75) is 6.92 Å². The standard InChI is InChI=1S/C14H9Cl2N3O2/c1-7-2-8(4-10(15)3-7)12-17-18-13-11(16)5-9(14(20)21)6-19(12)13/h2-6H,1H3,(H,20,21). The fourth-order valence-corrected chi connectivity index (χ4v) is 2.67. The van der Waals surface area contributed by atoms with E-state index in [4.69, 9.17) is 28.3 Å². The first kappa shape index (κ1) is 13.9. The molecule has 0 bridgehead atoms. The summed E-state index contributed by atoms with van der Waals surface area (Å²) in [6, 6.07) is 6.81. The fourth-order valence-electron chi connectivity index (χ4n) is 2.13. The van der Waals surface area contributed by atoms with Crippen molar-refractivity contribution in [3.05, 3.63) is 51.6 Å². The van der Waals surface area contributed by atoms with E-state index in [1.807, 2.05) is 19.1 Å². The van der Waals surface area contributed by atoms with Gasteiger partial charge in [-0.2, -0.15) is 0 Å². The summed E-state index contributed by atoms with van der Waals surface area (Å²) in [5, 5.41) is 18.0. The topological polar surface area (TPSA) is 67.5 Å². The molecule has 5 nitrogen and oxygen atoms in total. The third-order valence-electron chi connectivity index (χ3n) is 3.01. The summed E-state index contributed by atoms with van der Waals surface area (Å²) in [6.07, 6.45) is 1.44. The van der Waals surface area contributed by atoms with Crippen LogP contribution in [-0.2, 0) is 0 Å². The summed E-state index contributed by atoms with van der Waals surface area (Å²) in [6.45, 7) is 1.91. The normalized spacial score (nSPS) is 11.0. The lowest BCUT2D eigenvalue weighted by Crippen LogP contribution is -2.00. The van der Waals surface area contributed by atoms with Gasteiger partial charge in [-0.1, -0.05) is 23.2 Å². The van der Waals surface area contributed by atoms with E-state index in [9.17, 15) is 4.79 Å². The van der Waals surface area contributed by atoms with Crippen LogP contribution >= 0.6 is 23.2 Å². The van der Waals surface area contributed by atoms with Gasteiger partial charge in [0.25, 0.3) is 0 Å². The number of pyridine rings is 1. The molecule has 106 valence electrons. The predicted molar refractivity (Wildman–Crippen MR) is 80.1 cm³/mol. The van der Waals surface area contributed by atoms with Crippen LogP contribution in [0.3, 0.4) is 0 Å². The second kappa shape index (κ2) is 5.02. The molecule has 21 heavy (non-hydrogen) atoms. The van der Waals surface area contributed by atoms with Crippen LogP contribution in [-0.4, -0.2) is 25.7 Å². The molecule has 3 aromatic rings. The van der Waals surface area contributed by atoms with Crippen molar-refractivity contribution in [3.63, 3.8) is 0 Å². The van der Waals surface area contributed by atoms with E-state index >= 15 is 0 Å². The Kier molecular flexibility index (Phi) is 3.31. The summed E-state index contributed by atoms with van der Waals surface area (Å²) in [5.41, 5.74) is 2.17. The van der Waals surface area contributed by atoms with Crippen molar-refractivity contribution in [1.29, 1.82) is 0 Å². The predicted octanol–water partition coefficient (Wildman–Crippen LogP) is 3.71. The Morgan fingerprint density at radius 3 is 2.62 bits per heavy atom. The first-order valence-electron chi connectivity index (χ1n) is 6.01. The van der Waals surface area contributed by atoms with Gasteiger partial charge in [0.2, 0.25) is 0 Å². The number of hydrogen-bond donors (Lipinski definition) is 1. The number of benzene rings is 1. The van der Waals surface area contributed by atoms with E-state index in [0.717, 1.165) is 11.1 Å². The largest absolute Gasteiger partial charge is 0.478 e. The Balaban J connectivity index is 2.30. The van der Waals surface area contributed by atoms with Crippen molar-refractivity contribution >= 4 is 34.8 Å². The smallest absolute Gasteiger partial charge is 0.337 e. The molecule has 1 N–H and O–H groups in total. The minimum absolute atomic E-state index is 0.0623. The maximum absolute atomic E-state index is 11.1. The zero-order valence-electron chi connectivity index (χ0n) is 10.8. The maximum Gasteiger partial charge on any atom is 0.337 e. The van der Waals surface area contributed by atoms with Crippen LogP contribution in [0, 0.1) is 6.92 Å². The molecule has 2 aromatic heterocycles. The van der Waals surface area contributed by atoms with Crippen LogP contribution in [0.4, 0.5) is 0 Å². The molecule has 0 aliphatic heterocycles. The monoisotopic (exact) mass is 321 g/mol. The van der Waals surface area contributed by atoms with Gasteiger partial charge >= 0.3 is 5.97 Å². The molecule has 2 heterocycles. The number of nitrogens with zero attached hydrogens (tertiary/aromatic N) is 3. The number of halogens is 2. The number of aryl methyl sites for hydroxylation is 1. The lowest BCUT2D eigenvalue weighted by Gasteiger charge is -2.04. The zero-order valence-corrected chi connectivity index (χ0v) is 12.4. The fraction of sp³-hybridized carbons (Fsp3) is 0.0714. The lowest BCUT2D eigenvalue weighted by molar-refractivity contribution is 0.0696. The quantitative estimate of drug-likeness (QED) is 0.781. The molecular weight excluding hydrogens is 313 g/mol. The van der Waals surface area contributed by atoms with Crippen molar-refractivity contribution in [1.82, 2.24) is 14.6 Å². The molecule has 0 radical (unpaired) electrons. The Morgan fingerprint density at radius 1 is 1.19 bits per heavy atom. The number of aromatic carboxylic acids is 1. The molecule has 0 spiro atoms. The van der Waals surface area contributed by atoms with Crippen molar-refractivity contribution in [2.24, 2.45) is 0 Å². The molecule has 0 aliphatic rings. The van der Waals surface area contributed by atoms with Gasteiger partial charge in [-0.25, -0.2) is 4.79 Å². The number of carbonyl (C=O) groups is 1. The second-order valence-corrected chi connectivity index (χ2v) is 5.46. The van der Waals surface area contributed by atoms with E-state index in [1.165, 1.54) is 12.3 Å². The van der Waals surface area contributed by atoms with Gasteiger partial charge in [0, 0.05) is 16.8 Å². The summed E-state index contributed by atoms with van der Waals surface area (Å²) in [5.74, 6) is -0.582. The SMILES string of the molecule is Cc1cc(Cl)cc(-c2nnc3c(Cl)cc(C(=O)O)cn23)c1. The Morgan fingerprint density at radius 2 is 1.95 bits per heavy atom. The average Bonchev–Trinajstić information content (AvgIpc) is 2.81. The molecular formula is C14H9Cl2N3O2. The van der Waals surface area contributed by atoms with Gasteiger partial charge in [0.05, 0.1) is 10.6 Å². The van der Waals surface area contributed by atoms with Gasteiger partial charge in [-0.3, -0.25) is 4.40 Å². The molecule has 0 fully saturated rings. The van der Waals surface area contributed by atoms with Crippen molar-refractivity contribution in [2.75, 3.05) is 0 Å². The summed E-state index contributed by atoms with van der Waals surface area (Å²) in [7, 11) is 0. The van der Waals surface area contributed by atoms with Crippen molar-refractivity contribution < 1.29 is 9.90 Å². The van der Waals surface area contributed by atoms with Crippen molar-refractivity contribution in [3.8, 4) is 11.4 Å². The lowest BCUT2D eigenvalue weighted by atomic mass is 10.1. The third-order valence-corrected chi connectivity index (χ3v) is 3.50. The molecule has 0 aliphatic carbocycles. The van der Waals surface area contributed by atoms with Crippen LogP contribution in [0.5, 0.6) is 0 Å². The van der Waals surface area contributed by atoms with Gasteiger partial charge in [0.1, 0.15) is 0 Å². The minimum Gasteiger partial charge on any atom is -0.478 e. The van der Waals surface area contributed by atoms with E-state index in [0.29, 0.717) is 16.5 Å². The van der Waals surface area contributed by atoms with Crippen LogP contribution in [0.25, 0.3) is 17.0 Å². The Hall–Kier alpha value is -2.11. The first-order chi connectivity index (χ1) is 9.95. The Bertz CT molecular complexity index is 854. The minimum atomic E-state index is -1.07. The highest BCUT2D eigenvalue weighted by Crippen LogP contribution is 2.26. The molecule has 0 atom stereocenters. The second-order valence-electron chi connectivity index (χ2n) is 4.62. The molecule has 0 unspecified atom stereocenters. The molecule has 0 saturated carbocycles. The molecule has 0 saturated heterocycles. The number of rotatable bonds is 2. The highest BCUT2D eigenvalue weighted by Gasteiger charge is 2.15.